The van der Waals surface area contributed by atoms with Gasteiger partial charge >= 0.3 is 0 Å². The van der Waals surface area contributed by atoms with Crippen LogP contribution in [0.3, 0.4) is 0 Å². The van der Waals surface area contributed by atoms with Crippen molar-refractivity contribution in [1.82, 2.24) is 15.5 Å². The number of rotatable bonds is 4. The van der Waals surface area contributed by atoms with E-state index in [9.17, 15) is 13.6 Å². The van der Waals surface area contributed by atoms with Gasteiger partial charge in [-0.25, -0.2) is 8.78 Å². The smallest absolute Gasteiger partial charge is 0.254 e. The van der Waals surface area contributed by atoms with Crippen molar-refractivity contribution in [1.29, 1.82) is 0 Å². The van der Waals surface area contributed by atoms with Crippen molar-refractivity contribution >= 4 is 5.91 Å². The third kappa shape index (κ3) is 2.52. The Hall–Kier alpha value is -2.31. The monoisotopic (exact) mass is 279 g/mol. The molecular weight excluding hydrogens is 268 g/mol. The van der Waals surface area contributed by atoms with Crippen molar-refractivity contribution in [2.75, 3.05) is 0 Å². The van der Waals surface area contributed by atoms with Gasteiger partial charge in [0, 0.05) is 5.92 Å². The van der Waals surface area contributed by atoms with E-state index in [2.05, 4.69) is 15.5 Å². The van der Waals surface area contributed by atoms with Crippen molar-refractivity contribution in [3.05, 3.63) is 47.1 Å². The van der Waals surface area contributed by atoms with Gasteiger partial charge in [0.2, 0.25) is 5.89 Å². The highest BCUT2D eigenvalue weighted by atomic mass is 19.2. The average molecular weight is 279 g/mol. The fraction of sp³-hybridized carbons (Fsp3) is 0.308. The lowest BCUT2D eigenvalue weighted by Crippen LogP contribution is -2.24. The molecule has 0 atom stereocenters. The molecule has 1 aliphatic rings. The predicted octanol–water partition coefficient (Wildman–Crippen LogP) is 2.16. The third-order valence-electron chi connectivity index (χ3n) is 3.02. The summed E-state index contributed by atoms with van der Waals surface area (Å²) in [5.74, 6) is -1.74. The maximum Gasteiger partial charge on any atom is 0.254 e. The lowest BCUT2D eigenvalue weighted by molar-refractivity contribution is 0.0941. The van der Waals surface area contributed by atoms with E-state index in [1.807, 2.05) is 0 Å². The maximum atomic E-state index is 13.4. The molecule has 1 heterocycles. The lowest BCUT2D eigenvalue weighted by atomic mass is 10.2. The molecule has 1 aliphatic carbocycles. The van der Waals surface area contributed by atoms with Gasteiger partial charge in [-0.05, 0) is 25.0 Å². The Morgan fingerprint density at radius 3 is 2.95 bits per heavy atom. The largest absolute Gasteiger partial charge is 0.343 e. The van der Waals surface area contributed by atoms with E-state index in [1.165, 1.54) is 12.1 Å². The summed E-state index contributed by atoms with van der Waals surface area (Å²) in [4.78, 5) is 15.9. The molecule has 1 fully saturated rings. The van der Waals surface area contributed by atoms with Gasteiger partial charge in [0.25, 0.3) is 5.91 Å². The first-order chi connectivity index (χ1) is 9.65. The minimum atomic E-state index is -1.17. The van der Waals surface area contributed by atoms with Crippen molar-refractivity contribution in [3.8, 4) is 0 Å². The first-order valence-electron chi connectivity index (χ1n) is 6.20. The zero-order valence-corrected chi connectivity index (χ0v) is 10.4. The third-order valence-corrected chi connectivity index (χ3v) is 3.02. The van der Waals surface area contributed by atoms with Gasteiger partial charge in [0.15, 0.2) is 17.5 Å². The number of hydrogen-bond acceptors (Lipinski definition) is 4. The standard InChI is InChI=1S/C13H11F2N3O2/c14-9-3-1-2-8(11(9)15)13(19)16-6-10-17-12(18-20-10)7-4-5-7/h1-3,7H,4-6H2,(H,16,19). The molecule has 5 nitrogen and oxygen atoms in total. The van der Waals surface area contributed by atoms with E-state index >= 15 is 0 Å². The molecular formula is C13H11F2N3O2. The highest BCUT2D eigenvalue weighted by Crippen LogP contribution is 2.38. The molecule has 3 rings (SSSR count). The molecule has 1 aromatic carbocycles. The first kappa shape index (κ1) is 12.7. The summed E-state index contributed by atoms with van der Waals surface area (Å²) in [6, 6.07) is 3.43. The number of carbonyl (C=O) groups excluding carboxylic acids is 1. The summed E-state index contributed by atoms with van der Waals surface area (Å²) in [6.45, 7) is -0.0193. The Morgan fingerprint density at radius 1 is 1.40 bits per heavy atom. The van der Waals surface area contributed by atoms with E-state index in [1.54, 1.807) is 0 Å². The highest BCUT2D eigenvalue weighted by molar-refractivity contribution is 5.94. The molecule has 1 saturated carbocycles. The Kier molecular flexibility index (Phi) is 3.17. The van der Waals surface area contributed by atoms with Crippen LogP contribution in [0.15, 0.2) is 22.7 Å². The molecule has 20 heavy (non-hydrogen) atoms. The Labute approximate surface area is 113 Å². The molecule has 1 aromatic heterocycles. The first-order valence-corrected chi connectivity index (χ1v) is 6.20. The molecule has 0 aliphatic heterocycles. The van der Waals surface area contributed by atoms with E-state index in [0.29, 0.717) is 11.7 Å². The van der Waals surface area contributed by atoms with Gasteiger partial charge in [-0.3, -0.25) is 4.79 Å². The number of nitrogens with one attached hydrogen (secondary N) is 1. The summed E-state index contributed by atoms with van der Waals surface area (Å²) < 4.78 is 31.4. The molecule has 1 amide bonds. The van der Waals surface area contributed by atoms with Crippen molar-refractivity contribution in [3.63, 3.8) is 0 Å². The Morgan fingerprint density at radius 2 is 2.20 bits per heavy atom. The quantitative estimate of drug-likeness (QED) is 0.931. The minimum Gasteiger partial charge on any atom is -0.343 e. The topological polar surface area (TPSA) is 68.0 Å². The fourth-order valence-corrected chi connectivity index (χ4v) is 1.78. The number of hydrogen-bond donors (Lipinski definition) is 1. The van der Waals surface area contributed by atoms with Crippen LogP contribution in [0.2, 0.25) is 0 Å². The van der Waals surface area contributed by atoms with Crippen LogP contribution < -0.4 is 5.32 Å². The lowest BCUT2D eigenvalue weighted by Gasteiger charge is -2.03. The average Bonchev–Trinajstić information content (AvgIpc) is 3.18. The van der Waals surface area contributed by atoms with Gasteiger partial charge in [0.1, 0.15) is 0 Å². The van der Waals surface area contributed by atoms with Gasteiger partial charge in [-0.15, -0.1) is 0 Å². The van der Waals surface area contributed by atoms with Crippen LogP contribution in [0.5, 0.6) is 0 Å². The molecule has 0 radical (unpaired) electrons. The summed E-state index contributed by atoms with van der Waals surface area (Å²) in [5, 5.41) is 6.20. The van der Waals surface area contributed by atoms with Gasteiger partial charge in [-0.2, -0.15) is 4.98 Å². The summed E-state index contributed by atoms with van der Waals surface area (Å²) >= 11 is 0. The van der Waals surface area contributed by atoms with E-state index in [-0.39, 0.29) is 18.0 Å². The van der Waals surface area contributed by atoms with Crippen LogP contribution in [0.1, 0.15) is 40.8 Å². The predicted molar refractivity (Wildman–Crippen MR) is 63.8 cm³/mol. The molecule has 7 heteroatoms. The number of nitrogens with zero attached hydrogens (tertiary/aromatic N) is 2. The van der Waals surface area contributed by atoms with Crippen molar-refractivity contribution in [2.24, 2.45) is 0 Å². The molecule has 1 N–H and O–H groups in total. The normalized spacial score (nSPS) is 14.3. The van der Waals surface area contributed by atoms with Gasteiger partial charge in [-0.1, -0.05) is 11.2 Å². The molecule has 0 bridgehead atoms. The van der Waals surface area contributed by atoms with Crippen LogP contribution in [-0.4, -0.2) is 16.0 Å². The van der Waals surface area contributed by atoms with Crippen molar-refractivity contribution in [2.45, 2.75) is 25.3 Å². The number of benzene rings is 1. The van der Waals surface area contributed by atoms with Crippen LogP contribution in [-0.2, 0) is 6.54 Å². The summed E-state index contributed by atoms with van der Waals surface area (Å²) in [7, 11) is 0. The Bertz CT molecular complexity index is 653. The number of aromatic nitrogens is 2. The molecule has 0 unspecified atom stereocenters. The molecule has 0 saturated heterocycles. The minimum absolute atomic E-state index is 0.0193. The number of amides is 1. The molecule has 2 aromatic rings. The second-order valence-electron chi connectivity index (χ2n) is 4.60. The highest BCUT2D eigenvalue weighted by Gasteiger charge is 2.28. The van der Waals surface area contributed by atoms with Crippen LogP contribution in [0.4, 0.5) is 8.78 Å². The zero-order valence-electron chi connectivity index (χ0n) is 10.4. The van der Waals surface area contributed by atoms with E-state index < -0.39 is 17.5 Å². The fourth-order valence-electron chi connectivity index (χ4n) is 1.78. The van der Waals surface area contributed by atoms with Crippen LogP contribution in [0, 0.1) is 11.6 Å². The zero-order chi connectivity index (χ0) is 14.1. The second-order valence-corrected chi connectivity index (χ2v) is 4.60. The number of halogens is 2. The van der Waals surface area contributed by atoms with Gasteiger partial charge < -0.3 is 9.84 Å². The van der Waals surface area contributed by atoms with Crippen molar-refractivity contribution < 1.29 is 18.1 Å². The van der Waals surface area contributed by atoms with Gasteiger partial charge in [0.05, 0.1) is 12.1 Å². The van der Waals surface area contributed by atoms with E-state index in [4.69, 9.17) is 4.52 Å². The SMILES string of the molecule is O=C(NCc1nc(C2CC2)no1)c1cccc(F)c1F. The second kappa shape index (κ2) is 4.99. The number of carbonyl (C=O) groups is 1. The molecule has 104 valence electrons. The maximum absolute atomic E-state index is 13.4. The van der Waals surface area contributed by atoms with Crippen LogP contribution >= 0.6 is 0 Å². The van der Waals surface area contributed by atoms with Crippen LogP contribution in [0.25, 0.3) is 0 Å². The Balaban J connectivity index is 1.64. The molecule has 0 spiro atoms. The summed E-state index contributed by atoms with van der Waals surface area (Å²) in [5.41, 5.74) is -0.355. The summed E-state index contributed by atoms with van der Waals surface area (Å²) in [6.07, 6.45) is 2.08. The van der Waals surface area contributed by atoms with E-state index in [0.717, 1.165) is 18.9 Å².